The van der Waals surface area contributed by atoms with E-state index in [0.29, 0.717) is 5.11 Å². The molecule has 96 valence electrons. The minimum Gasteiger partial charge on any atom is -0.345 e. The van der Waals surface area contributed by atoms with E-state index in [1.54, 1.807) is 0 Å². The second-order valence-electron chi connectivity index (χ2n) is 4.22. The van der Waals surface area contributed by atoms with Crippen molar-refractivity contribution in [3.63, 3.8) is 0 Å². The molecule has 0 amide bonds. The molecule has 0 saturated carbocycles. The molecule has 1 aliphatic rings. The summed E-state index contributed by atoms with van der Waals surface area (Å²) in [6.45, 7) is 5.80. The highest BCUT2D eigenvalue weighted by molar-refractivity contribution is 7.80. The second-order valence-corrected chi connectivity index (χ2v) is 4.60. The third-order valence-electron chi connectivity index (χ3n) is 2.92. The van der Waals surface area contributed by atoms with Crippen molar-refractivity contribution < 1.29 is 0 Å². The third kappa shape index (κ3) is 3.51. The summed E-state index contributed by atoms with van der Waals surface area (Å²) in [6, 6.07) is 10.1. The van der Waals surface area contributed by atoms with E-state index >= 15 is 0 Å². The highest BCUT2D eigenvalue weighted by atomic mass is 32.1. The fourth-order valence-corrected chi connectivity index (χ4v) is 2.04. The van der Waals surface area contributed by atoms with Crippen LogP contribution in [0.2, 0.25) is 0 Å². The summed E-state index contributed by atoms with van der Waals surface area (Å²) >= 11 is 5.32. The first-order valence-corrected chi connectivity index (χ1v) is 6.53. The van der Waals surface area contributed by atoms with Crippen LogP contribution in [0.15, 0.2) is 35.4 Å². The Morgan fingerprint density at radius 3 is 2.61 bits per heavy atom. The van der Waals surface area contributed by atoms with E-state index in [2.05, 4.69) is 20.7 Å². The van der Waals surface area contributed by atoms with E-state index in [9.17, 15) is 0 Å². The maximum absolute atomic E-state index is 5.32. The van der Waals surface area contributed by atoms with Crippen LogP contribution in [0.1, 0.15) is 12.5 Å². The van der Waals surface area contributed by atoms with Crippen LogP contribution in [-0.2, 0) is 0 Å². The third-order valence-corrected chi connectivity index (χ3v) is 3.26. The zero-order chi connectivity index (χ0) is 12.8. The largest absolute Gasteiger partial charge is 0.345 e. The summed E-state index contributed by atoms with van der Waals surface area (Å²) in [5.41, 5.74) is 5.01. The first kappa shape index (κ1) is 13.0. The Labute approximate surface area is 113 Å². The van der Waals surface area contributed by atoms with E-state index in [4.69, 9.17) is 12.2 Å². The molecule has 2 N–H and O–H groups in total. The van der Waals surface area contributed by atoms with E-state index in [1.165, 1.54) is 0 Å². The number of nitrogens with zero attached hydrogens (tertiary/aromatic N) is 2. The van der Waals surface area contributed by atoms with Crippen LogP contribution in [0.5, 0.6) is 0 Å². The Hall–Kier alpha value is -1.46. The molecule has 2 rings (SSSR count). The summed E-state index contributed by atoms with van der Waals surface area (Å²) < 4.78 is 0. The van der Waals surface area contributed by atoms with Crippen molar-refractivity contribution in [2.75, 3.05) is 26.2 Å². The SMILES string of the molecule is C/C(=N\NC(=S)N1CCNCC1)c1ccccc1. The van der Waals surface area contributed by atoms with Crippen LogP contribution in [0, 0.1) is 0 Å². The number of nitrogens with one attached hydrogen (secondary N) is 2. The zero-order valence-electron chi connectivity index (χ0n) is 10.5. The van der Waals surface area contributed by atoms with Crippen molar-refractivity contribution in [2.24, 2.45) is 5.10 Å². The molecule has 0 spiro atoms. The second kappa shape index (κ2) is 6.47. The van der Waals surface area contributed by atoms with Gasteiger partial charge in [0, 0.05) is 26.2 Å². The smallest absolute Gasteiger partial charge is 0.189 e. The molecular formula is C13H18N4S. The first-order chi connectivity index (χ1) is 8.77. The Kier molecular flexibility index (Phi) is 4.66. The van der Waals surface area contributed by atoms with Crippen LogP contribution >= 0.6 is 12.2 Å². The molecule has 1 heterocycles. The molecule has 1 aromatic carbocycles. The predicted molar refractivity (Wildman–Crippen MR) is 78.8 cm³/mol. The van der Waals surface area contributed by atoms with Crippen LogP contribution in [0.3, 0.4) is 0 Å². The molecule has 1 fully saturated rings. The number of rotatable bonds is 2. The van der Waals surface area contributed by atoms with Gasteiger partial charge in [0.1, 0.15) is 0 Å². The van der Waals surface area contributed by atoms with Crippen molar-refractivity contribution >= 4 is 23.0 Å². The van der Waals surface area contributed by atoms with Crippen LogP contribution in [-0.4, -0.2) is 41.9 Å². The molecule has 1 aliphatic heterocycles. The number of thiocarbonyl (C=S) groups is 1. The highest BCUT2D eigenvalue weighted by Gasteiger charge is 2.11. The summed E-state index contributed by atoms with van der Waals surface area (Å²) in [5, 5.41) is 8.33. The van der Waals surface area contributed by atoms with Gasteiger partial charge in [-0.15, -0.1) is 0 Å². The quantitative estimate of drug-likeness (QED) is 0.477. The number of hydrogen-bond donors (Lipinski definition) is 2. The lowest BCUT2D eigenvalue weighted by atomic mass is 10.1. The van der Waals surface area contributed by atoms with Gasteiger partial charge in [-0.3, -0.25) is 5.43 Å². The maximum atomic E-state index is 5.32. The van der Waals surface area contributed by atoms with Crippen molar-refractivity contribution in [3.05, 3.63) is 35.9 Å². The van der Waals surface area contributed by atoms with Gasteiger partial charge >= 0.3 is 0 Å². The Balaban J connectivity index is 1.91. The fourth-order valence-electron chi connectivity index (χ4n) is 1.81. The number of piperazine rings is 1. The summed E-state index contributed by atoms with van der Waals surface area (Å²) in [7, 11) is 0. The van der Waals surface area contributed by atoms with Gasteiger partial charge in [-0.1, -0.05) is 30.3 Å². The van der Waals surface area contributed by atoms with Crippen LogP contribution in [0.25, 0.3) is 0 Å². The van der Waals surface area contributed by atoms with Crippen molar-refractivity contribution in [1.29, 1.82) is 0 Å². The number of hydrogen-bond acceptors (Lipinski definition) is 3. The molecular weight excluding hydrogens is 244 g/mol. The first-order valence-electron chi connectivity index (χ1n) is 6.13. The van der Waals surface area contributed by atoms with E-state index in [1.807, 2.05) is 37.3 Å². The highest BCUT2D eigenvalue weighted by Crippen LogP contribution is 2.00. The fraction of sp³-hybridized carbons (Fsp3) is 0.385. The van der Waals surface area contributed by atoms with Crippen molar-refractivity contribution in [3.8, 4) is 0 Å². The van der Waals surface area contributed by atoms with E-state index in [-0.39, 0.29) is 0 Å². The van der Waals surface area contributed by atoms with Crippen molar-refractivity contribution in [2.45, 2.75) is 6.92 Å². The standard InChI is InChI=1S/C13H18N4S/c1-11(12-5-3-2-4-6-12)15-16-13(18)17-9-7-14-8-10-17/h2-6,14H,7-10H2,1H3,(H,16,18)/b15-11+. The lowest BCUT2D eigenvalue weighted by Gasteiger charge is -2.28. The van der Waals surface area contributed by atoms with Gasteiger partial charge in [0.2, 0.25) is 0 Å². The normalized spacial score (nSPS) is 16.5. The molecule has 0 radical (unpaired) electrons. The topological polar surface area (TPSA) is 39.7 Å². The average molecular weight is 262 g/mol. The molecule has 5 heteroatoms. The minimum atomic E-state index is 0.701. The molecule has 0 aliphatic carbocycles. The van der Waals surface area contributed by atoms with Crippen molar-refractivity contribution in [1.82, 2.24) is 15.6 Å². The molecule has 0 unspecified atom stereocenters. The minimum absolute atomic E-state index is 0.701. The molecule has 0 atom stereocenters. The van der Waals surface area contributed by atoms with Gasteiger partial charge in [0.25, 0.3) is 0 Å². The van der Waals surface area contributed by atoms with Gasteiger partial charge in [-0.25, -0.2) is 0 Å². The predicted octanol–water partition coefficient (Wildman–Crippen LogP) is 1.19. The van der Waals surface area contributed by atoms with E-state index in [0.717, 1.165) is 37.5 Å². The number of hydrazone groups is 1. The van der Waals surface area contributed by atoms with Crippen LogP contribution in [0.4, 0.5) is 0 Å². The van der Waals surface area contributed by atoms with Gasteiger partial charge in [-0.2, -0.15) is 5.10 Å². The van der Waals surface area contributed by atoms with Gasteiger partial charge in [-0.05, 0) is 24.7 Å². The Morgan fingerprint density at radius 1 is 1.28 bits per heavy atom. The van der Waals surface area contributed by atoms with Gasteiger partial charge in [0.05, 0.1) is 5.71 Å². The monoisotopic (exact) mass is 262 g/mol. The summed E-state index contributed by atoms with van der Waals surface area (Å²) in [6.07, 6.45) is 0. The lowest BCUT2D eigenvalue weighted by molar-refractivity contribution is 0.353. The van der Waals surface area contributed by atoms with Gasteiger partial charge in [0.15, 0.2) is 5.11 Å². The Bertz CT molecular complexity index is 424. The van der Waals surface area contributed by atoms with Crippen LogP contribution < -0.4 is 10.7 Å². The van der Waals surface area contributed by atoms with Gasteiger partial charge < -0.3 is 10.2 Å². The molecule has 18 heavy (non-hydrogen) atoms. The average Bonchev–Trinajstić information content (AvgIpc) is 2.46. The molecule has 1 saturated heterocycles. The molecule has 0 aromatic heterocycles. The lowest BCUT2D eigenvalue weighted by Crippen LogP contribution is -2.49. The number of benzene rings is 1. The molecule has 0 bridgehead atoms. The Morgan fingerprint density at radius 2 is 1.94 bits per heavy atom. The molecule has 4 nitrogen and oxygen atoms in total. The summed E-state index contributed by atoms with van der Waals surface area (Å²) in [5.74, 6) is 0. The van der Waals surface area contributed by atoms with E-state index < -0.39 is 0 Å². The molecule has 1 aromatic rings. The summed E-state index contributed by atoms with van der Waals surface area (Å²) in [4.78, 5) is 2.13. The maximum Gasteiger partial charge on any atom is 0.189 e. The zero-order valence-corrected chi connectivity index (χ0v) is 11.3.